The fourth-order valence-electron chi connectivity index (χ4n) is 3.25. The Morgan fingerprint density at radius 3 is 2.78 bits per heavy atom. The third kappa shape index (κ3) is 2.29. The van der Waals surface area contributed by atoms with Gasteiger partial charge in [-0.05, 0) is 48.9 Å². The van der Waals surface area contributed by atoms with E-state index in [1.54, 1.807) is 6.07 Å². The predicted molar refractivity (Wildman–Crippen MR) is 70.6 cm³/mol. The fourth-order valence-corrected chi connectivity index (χ4v) is 3.25. The molecular weight excluding hydrogens is 229 g/mol. The van der Waals surface area contributed by atoms with Gasteiger partial charge in [0.2, 0.25) is 0 Å². The van der Waals surface area contributed by atoms with Crippen LogP contribution in [0.25, 0.3) is 0 Å². The summed E-state index contributed by atoms with van der Waals surface area (Å²) < 4.78 is 13.1. The van der Waals surface area contributed by atoms with Gasteiger partial charge in [0.05, 0.1) is 6.10 Å². The number of aliphatic hydroxyl groups is 1. The average Bonchev–Trinajstić information content (AvgIpc) is 2.71. The lowest BCUT2D eigenvalue weighted by molar-refractivity contribution is 0.0303. The monoisotopic (exact) mass is 251 g/mol. The number of benzene rings is 1. The van der Waals surface area contributed by atoms with Gasteiger partial charge >= 0.3 is 0 Å². The van der Waals surface area contributed by atoms with Gasteiger partial charge in [-0.25, -0.2) is 4.39 Å². The van der Waals surface area contributed by atoms with Crippen LogP contribution in [0.2, 0.25) is 0 Å². The second kappa shape index (κ2) is 4.98. The molecule has 0 aromatic heterocycles. The minimum absolute atomic E-state index is 0.234. The van der Waals surface area contributed by atoms with E-state index in [1.807, 2.05) is 6.92 Å². The second-order valence-corrected chi connectivity index (χ2v) is 5.82. The quantitative estimate of drug-likeness (QED) is 0.867. The number of rotatable bonds is 3. The summed E-state index contributed by atoms with van der Waals surface area (Å²) in [6.07, 6.45) is 2.41. The van der Waals surface area contributed by atoms with Crippen LogP contribution in [0.1, 0.15) is 43.4 Å². The predicted octanol–water partition coefficient (Wildman–Crippen LogP) is 2.93. The summed E-state index contributed by atoms with van der Waals surface area (Å²) >= 11 is 0. The highest BCUT2D eigenvalue weighted by molar-refractivity contribution is 5.30. The standard InChI is InChI=1S/C15H22FNO/c1-10-5-6-15(8-10,9-17)14(18)13-4-3-12(16)7-11(13)2/h3-4,7,10,14,18H,5-6,8-9,17H2,1-2H3. The SMILES string of the molecule is Cc1cc(F)ccc1C(O)C1(CN)CCC(C)C1. The van der Waals surface area contributed by atoms with Crippen LogP contribution in [-0.2, 0) is 0 Å². The smallest absolute Gasteiger partial charge is 0.123 e. The molecule has 1 saturated carbocycles. The first-order valence-electron chi connectivity index (χ1n) is 6.63. The van der Waals surface area contributed by atoms with Gasteiger partial charge < -0.3 is 10.8 Å². The van der Waals surface area contributed by atoms with Crippen LogP contribution in [0.15, 0.2) is 18.2 Å². The zero-order valence-electron chi connectivity index (χ0n) is 11.1. The van der Waals surface area contributed by atoms with E-state index in [0.717, 1.165) is 30.4 Å². The van der Waals surface area contributed by atoms with E-state index in [9.17, 15) is 9.50 Å². The van der Waals surface area contributed by atoms with E-state index in [2.05, 4.69) is 6.92 Å². The van der Waals surface area contributed by atoms with Crippen molar-refractivity contribution in [2.75, 3.05) is 6.54 Å². The van der Waals surface area contributed by atoms with Crippen LogP contribution in [0.3, 0.4) is 0 Å². The first-order valence-corrected chi connectivity index (χ1v) is 6.63. The van der Waals surface area contributed by atoms with Gasteiger partial charge in [0, 0.05) is 12.0 Å². The lowest BCUT2D eigenvalue weighted by Gasteiger charge is -2.34. The maximum absolute atomic E-state index is 13.1. The number of aliphatic hydroxyl groups excluding tert-OH is 1. The molecule has 0 amide bonds. The average molecular weight is 251 g/mol. The molecule has 3 unspecified atom stereocenters. The third-order valence-corrected chi connectivity index (χ3v) is 4.40. The molecule has 1 aliphatic carbocycles. The van der Waals surface area contributed by atoms with E-state index >= 15 is 0 Å². The van der Waals surface area contributed by atoms with Gasteiger partial charge in [-0.2, -0.15) is 0 Å². The first kappa shape index (κ1) is 13.5. The van der Waals surface area contributed by atoms with Crippen molar-refractivity contribution in [2.24, 2.45) is 17.1 Å². The van der Waals surface area contributed by atoms with E-state index in [4.69, 9.17) is 5.73 Å². The van der Waals surface area contributed by atoms with Gasteiger partial charge in [-0.15, -0.1) is 0 Å². The molecule has 1 fully saturated rings. The van der Waals surface area contributed by atoms with Crippen molar-refractivity contribution >= 4 is 0 Å². The number of nitrogens with two attached hydrogens (primary N) is 1. The summed E-state index contributed by atoms with van der Waals surface area (Å²) in [7, 11) is 0. The molecule has 1 aromatic carbocycles. The molecule has 0 saturated heterocycles. The molecule has 1 aromatic rings. The zero-order chi connectivity index (χ0) is 13.3. The summed E-state index contributed by atoms with van der Waals surface area (Å²) in [5.41, 5.74) is 7.30. The lowest BCUT2D eigenvalue weighted by atomic mass is 9.76. The molecular formula is C15H22FNO. The Morgan fingerprint density at radius 2 is 2.28 bits per heavy atom. The first-order chi connectivity index (χ1) is 8.48. The summed E-state index contributed by atoms with van der Waals surface area (Å²) in [5, 5.41) is 10.7. The van der Waals surface area contributed by atoms with Gasteiger partial charge in [0.1, 0.15) is 5.82 Å². The molecule has 3 heteroatoms. The highest BCUT2D eigenvalue weighted by Crippen LogP contribution is 2.49. The van der Waals surface area contributed by atoms with E-state index in [0.29, 0.717) is 12.5 Å². The van der Waals surface area contributed by atoms with E-state index in [1.165, 1.54) is 12.1 Å². The Hall–Kier alpha value is -0.930. The van der Waals surface area contributed by atoms with Crippen LogP contribution < -0.4 is 5.73 Å². The van der Waals surface area contributed by atoms with Crippen molar-refractivity contribution < 1.29 is 9.50 Å². The van der Waals surface area contributed by atoms with Crippen LogP contribution >= 0.6 is 0 Å². The topological polar surface area (TPSA) is 46.2 Å². The Balaban J connectivity index is 2.32. The number of hydrogen-bond donors (Lipinski definition) is 2. The number of aryl methyl sites for hydroxylation is 1. The molecule has 0 heterocycles. The van der Waals surface area contributed by atoms with Gasteiger partial charge in [0.15, 0.2) is 0 Å². The van der Waals surface area contributed by atoms with Crippen LogP contribution in [-0.4, -0.2) is 11.7 Å². The Bertz CT molecular complexity index is 435. The largest absolute Gasteiger partial charge is 0.388 e. The molecule has 3 atom stereocenters. The molecule has 100 valence electrons. The van der Waals surface area contributed by atoms with Gasteiger partial charge in [-0.1, -0.05) is 19.4 Å². The zero-order valence-corrected chi connectivity index (χ0v) is 11.1. The maximum atomic E-state index is 13.1. The molecule has 0 spiro atoms. The molecule has 18 heavy (non-hydrogen) atoms. The fraction of sp³-hybridized carbons (Fsp3) is 0.600. The maximum Gasteiger partial charge on any atom is 0.123 e. The highest BCUT2D eigenvalue weighted by Gasteiger charge is 2.43. The van der Waals surface area contributed by atoms with Crippen molar-refractivity contribution in [3.8, 4) is 0 Å². The van der Waals surface area contributed by atoms with Crippen molar-refractivity contribution in [1.82, 2.24) is 0 Å². The summed E-state index contributed by atoms with van der Waals surface area (Å²) in [4.78, 5) is 0. The summed E-state index contributed by atoms with van der Waals surface area (Å²) in [6, 6.07) is 4.57. The van der Waals surface area contributed by atoms with Gasteiger partial charge in [-0.3, -0.25) is 0 Å². The summed E-state index contributed by atoms with van der Waals surface area (Å²) in [6.45, 7) is 4.52. The van der Waals surface area contributed by atoms with E-state index < -0.39 is 6.10 Å². The van der Waals surface area contributed by atoms with Crippen molar-refractivity contribution in [3.63, 3.8) is 0 Å². The molecule has 3 N–H and O–H groups in total. The van der Waals surface area contributed by atoms with E-state index in [-0.39, 0.29) is 11.2 Å². The third-order valence-electron chi connectivity index (χ3n) is 4.40. The minimum Gasteiger partial charge on any atom is -0.388 e. The van der Waals surface area contributed by atoms with Crippen LogP contribution in [0.4, 0.5) is 4.39 Å². The Labute approximate surface area is 108 Å². The highest BCUT2D eigenvalue weighted by atomic mass is 19.1. The Kier molecular flexibility index (Phi) is 3.74. The second-order valence-electron chi connectivity index (χ2n) is 5.82. The normalized spacial score (nSPS) is 29.5. The van der Waals surface area contributed by atoms with Crippen LogP contribution in [0.5, 0.6) is 0 Å². The molecule has 0 bridgehead atoms. The molecule has 2 nitrogen and oxygen atoms in total. The number of hydrogen-bond acceptors (Lipinski definition) is 2. The molecule has 1 aliphatic rings. The molecule has 2 rings (SSSR count). The van der Waals surface area contributed by atoms with Crippen molar-refractivity contribution in [1.29, 1.82) is 0 Å². The lowest BCUT2D eigenvalue weighted by Crippen LogP contribution is -2.35. The number of halogens is 1. The van der Waals surface area contributed by atoms with Crippen molar-refractivity contribution in [3.05, 3.63) is 35.1 Å². The summed E-state index contributed by atoms with van der Waals surface area (Å²) in [5.74, 6) is 0.342. The minimum atomic E-state index is -0.590. The Morgan fingerprint density at radius 1 is 1.56 bits per heavy atom. The van der Waals surface area contributed by atoms with Crippen molar-refractivity contribution in [2.45, 2.75) is 39.2 Å². The molecule has 0 aliphatic heterocycles. The van der Waals surface area contributed by atoms with Gasteiger partial charge in [0.25, 0.3) is 0 Å². The van der Waals surface area contributed by atoms with Crippen LogP contribution in [0, 0.1) is 24.1 Å². The molecule has 0 radical (unpaired) electrons.